The zero-order valence-corrected chi connectivity index (χ0v) is 15.3. The first-order valence-electron chi connectivity index (χ1n) is 8.51. The summed E-state index contributed by atoms with van der Waals surface area (Å²) in [5.41, 5.74) is 0.920. The molecule has 1 aromatic heterocycles. The molecule has 0 N–H and O–H groups in total. The molecule has 0 radical (unpaired) electrons. The fraction of sp³-hybridized carbons (Fsp3) is 0.421. The van der Waals surface area contributed by atoms with Crippen molar-refractivity contribution in [1.82, 2.24) is 9.80 Å². The number of ether oxygens (including phenoxy) is 1. The number of furan rings is 1. The van der Waals surface area contributed by atoms with Gasteiger partial charge in [0.05, 0.1) is 13.1 Å². The molecule has 6 heteroatoms. The molecule has 0 saturated carbocycles. The quantitative estimate of drug-likeness (QED) is 0.833. The zero-order chi connectivity index (χ0) is 17.4. The Kier molecular flexibility index (Phi) is 4.25. The molecule has 2 aliphatic heterocycles. The number of rotatable bonds is 4. The van der Waals surface area contributed by atoms with Crippen LogP contribution < -0.4 is 0 Å². The third-order valence-electron chi connectivity index (χ3n) is 4.79. The van der Waals surface area contributed by atoms with Gasteiger partial charge in [0.2, 0.25) is 0 Å². The van der Waals surface area contributed by atoms with Crippen molar-refractivity contribution in [2.24, 2.45) is 0 Å². The van der Waals surface area contributed by atoms with Gasteiger partial charge >= 0.3 is 6.09 Å². The molecule has 1 unspecified atom stereocenters. The third-order valence-corrected chi connectivity index (χ3v) is 5.72. The number of carbonyl (C=O) groups is 1. The molecule has 2 saturated heterocycles. The smallest absolute Gasteiger partial charge is 0.410 e. The first-order chi connectivity index (χ1) is 12.0. The Morgan fingerprint density at radius 1 is 1.16 bits per heavy atom. The molecular formula is C19H22N2O3S. The highest BCUT2D eigenvalue weighted by molar-refractivity contribution is 7.99. The average molecular weight is 358 g/mol. The molecule has 1 atom stereocenters. The number of nitrogens with zero attached hydrogens (tertiary/aromatic N) is 2. The fourth-order valence-corrected chi connectivity index (χ4v) is 4.30. The van der Waals surface area contributed by atoms with E-state index in [1.165, 1.54) is 10.5 Å². The van der Waals surface area contributed by atoms with Crippen molar-refractivity contribution in [3.63, 3.8) is 0 Å². The van der Waals surface area contributed by atoms with Crippen LogP contribution in [-0.2, 0) is 11.3 Å². The minimum absolute atomic E-state index is 0.211. The van der Waals surface area contributed by atoms with Crippen LogP contribution in [0.2, 0.25) is 0 Å². The Morgan fingerprint density at radius 3 is 2.68 bits per heavy atom. The van der Waals surface area contributed by atoms with Gasteiger partial charge in [-0.25, -0.2) is 4.79 Å². The summed E-state index contributed by atoms with van der Waals surface area (Å²) in [4.78, 5) is 16.8. The highest BCUT2D eigenvalue weighted by atomic mass is 32.2. The highest BCUT2D eigenvalue weighted by Crippen LogP contribution is 2.34. The lowest BCUT2D eigenvalue weighted by molar-refractivity contribution is 0.0620. The van der Waals surface area contributed by atoms with Gasteiger partial charge < -0.3 is 14.1 Å². The number of hydrogen-bond acceptors (Lipinski definition) is 5. The van der Waals surface area contributed by atoms with Gasteiger partial charge in [-0.3, -0.25) is 4.90 Å². The van der Waals surface area contributed by atoms with Crippen molar-refractivity contribution >= 4 is 17.9 Å². The van der Waals surface area contributed by atoms with E-state index in [0.29, 0.717) is 6.54 Å². The Hall–Kier alpha value is -1.92. The maximum Gasteiger partial charge on any atom is 0.410 e. The van der Waals surface area contributed by atoms with E-state index in [-0.39, 0.29) is 11.7 Å². The summed E-state index contributed by atoms with van der Waals surface area (Å²) < 4.78 is 11.6. The van der Waals surface area contributed by atoms with Crippen molar-refractivity contribution in [2.75, 3.05) is 26.7 Å². The fourth-order valence-electron chi connectivity index (χ4n) is 3.51. The van der Waals surface area contributed by atoms with E-state index in [4.69, 9.17) is 9.15 Å². The van der Waals surface area contributed by atoms with E-state index >= 15 is 0 Å². The van der Waals surface area contributed by atoms with Gasteiger partial charge in [-0.15, -0.1) is 0 Å². The second-order valence-corrected chi connectivity index (χ2v) is 8.08. The lowest BCUT2D eigenvalue weighted by atomic mass is 10.0. The summed E-state index contributed by atoms with van der Waals surface area (Å²) in [6.07, 6.45) is 0.672. The molecule has 2 aromatic rings. The van der Waals surface area contributed by atoms with Crippen LogP contribution in [0.25, 0.3) is 0 Å². The highest BCUT2D eigenvalue weighted by Gasteiger charge is 2.48. The van der Waals surface area contributed by atoms with Crippen LogP contribution in [-0.4, -0.2) is 48.2 Å². The first-order valence-corrected chi connectivity index (χ1v) is 9.33. The molecule has 1 spiro atoms. The Bertz CT molecular complexity index is 773. The zero-order valence-electron chi connectivity index (χ0n) is 14.5. The van der Waals surface area contributed by atoms with Crippen LogP contribution >= 0.6 is 11.8 Å². The van der Waals surface area contributed by atoms with Crippen LogP contribution in [0.4, 0.5) is 4.79 Å². The van der Waals surface area contributed by atoms with Gasteiger partial charge in [0, 0.05) is 31.5 Å². The molecule has 0 aliphatic carbocycles. The molecule has 1 amide bonds. The molecule has 0 bridgehead atoms. The van der Waals surface area contributed by atoms with Crippen LogP contribution in [0, 0.1) is 6.92 Å². The predicted molar refractivity (Wildman–Crippen MR) is 95.7 cm³/mol. The van der Waals surface area contributed by atoms with E-state index < -0.39 is 0 Å². The number of carbonyl (C=O) groups excluding carboxylic acids is 1. The minimum atomic E-state index is -0.335. The van der Waals surface area contributed by atoms with E-state index in [0.717, 1.165) is 36.9 Å². The van der Waals surface area contributed by atoms with Gasteiger partial charge in [-0.1, -0.05) is 29.5 Å². The maximum atomic E-state index is 11.7. The molecule has 25 heavy (non-hydrogen) atoms. The maximum absolute atomic E-state index is 11.7. The second-order valence-electron chi connectivity index (χ2n) is 7.00. The number of amides is 1. The normalized spacial score (nSPS) is 23.6. The summed E-state index contributed by atoms with van der Waals surface area (Å²) >= 11 is 1.63. The van der Waals surface area contributed by atoms with Gasteiger partial charge in [-0.2, -0.15) is 0 Å². The summed E-state index contributed by atoms with van der Waals surface area (Å²) in [7, 11) is 1.79. The van der Waals surface area contributed by atoms with E-state index in [1.807, 2.05) is 12.1 Å². The third kappa shape index (κ3) is 3.55. The molecule has 2 fully saturated rings. The number of benzene rings is 1. The van der Waals surface area contributed by atoms with Gasteiger partial charge in [-0.05, 0) is 31.2 Å². The molecule has 2 aliphatic rings. The lowest BCUT2D eigenvalue weighted by Crippen LogP contribution is -2.36. The topological polar surface area (TPSA) is 45.9 Å². The summed E-state index contributed by atoms with van der Waals surface area (Å²) in [6, 6.07) is 12.5. The van der Waals surface area contributed by atoms with E-state index in [1.54, 1.807) is 23.7 Å². The number of likely N-dealkylation sites (tertiary alicyclic amines) is 1. The molecular weight excluding hydrogens is 336 g/mol. The summed E-state index contributed by atoms with van der Waals surface area (Å²) in [5, 5.41) is 0.903. The number of hydrogen-bond donors (Lipinski definition) is 0. The Morgan fingerprint density at radius 2 is 1.96 bits per heavy atom. The first kappa shape index (κ1) is 16.5. The largest absolute Gasteiger partial charge is 0.453 e. The monoisotopic (exact) mass is 358 g/mol. The van der Waals surface area contributed by atoms with Crippen LogP contribution in [0.3, 0.4) is 0 Å². The summed E-state index contributed by atoms with van der Waals surface area (Å²) in [5.74, 6) is 0.948. The van der Waals surface area contributed by atoms with Crippen molar-refractivity contribution in [3.8, 4) is 0 Å². The summed E-state index contributed by atoms with van der Waals surface area (Å²) in [6.45, 7) is 5.20. The number of likely N-dealkylation sites (N-methyl/N-ethyl adjacent to an activating group) is 1. The van der Waals surface area contributed by atoms with Crippen molar-refractivity contribution < 1.29 is 13.9 Å². The Labute approximate surface area is 151 Å². The van der Waals surface area contributed by atoms with Crippen LogP contribution in [0.15, 0.2) is 50.8 Å². The predicted octanol–water partition coefficient (Wildman–Crippen LogP) is 3.77. The standard InChI is InChI=1S/C19H22N2O3S/c1-14-3-6-16(7-4-14)25-17-8-5-15(23-17)11-21-10-9-19(13-21)12-20(2)18(22)24-19/h3-8H,9-13H2,1-2H3. The van der Waals surface area contributed by atoms with Gasteiger partial charge in [0.25, 0.3) is 0 Å². The van der Waals surface area contributed by atoms with E-state index in [9.17, 15) is 4.79 Å². The number of aryl methyl sites for hydroxylation is 1. The molecule has 4 rings (SSSR count). The Balaban J connectivity index is 1.36. The molecule has 3 heterocycles. The SMILES string of the molecule is Cc1ccc(Sc2ccc(CN3CCC4(C3)CN(C)C(=O)O4)o2)cc1. The molecule has 1 aromatic carbocycles. The van der Waals surface area contributed by atoms with Crippen molar-refractivity contribution in [3.05, 3.63) is 47.7 Å². The average Bonchev–Trinajstić information content (AvgIpc) is 3.24. The minimum Gasteiger partial charge on any atom is -0.453 e. The van der Waals surface area contributed by atoms with Crippen LogP contribution in [0.5, 0.6) is 0 Å². The van der Waals surface area contributed by atoms with Crippen molar-refractivity contribution in [1.29, 1.82) is 0 Å². The van der Waals surface area contributed by atoms with Gasteiger partial charge in [0.15, 0.2) is 5.09 Å². The van der Waals surface area contributed by atoms with E-state index in [2.05, 4.69) is 36.1 Å². The lowest BCUT2D eigenvalue weighted by Gasteiger charge is -2.21. The second kappa shape index (κ2) is 6.42. The van der Waals surface area contributed by atoms with Gasteiger partial charge in [0.1, 0.15) is 11.4 Å². The molecule has 132 valence electrons. The van der Waals surface area contributed by atoms with Crippen LogP contribution in [0.1, 0.15) is 17.7 Å². The van der Waals surface area contributed by atoms with Crippen molar-refractivity contribution in [2.45, 2.75) is 35.5 Å². The molecule has 5 nitrogen and oxygen atoms in total.